The fourth-order valence-corrected chi connectivity index (χ4v) is 2.57. The van der Waals surface area contributed by atoms with Crippen molar-refractivity contribution in [3.63, 3.8) is 0 Å². The third-order valence-electron chi connectivity index (χ3n) is 3.91. The normalized spacial score (nSPS) is 10.0. The summed E-state index contributed by atoms with van der Waals surface area (Å²) in [4.78, 5) is 16.7. The van der Waals surface area contributed by atoms with Crippen LogP contribution in [0, 0.1) is 12.3 Å². The van der Waals surface area contributed by atoms with Gasteiger partial charge in [0, 0.05) is 34.8 Å². The Kier molecular flexibility index (Phi) is 6.27. The number of pyridine rings is 1. The van der Waals surface area contributed by atoms with Gasteiger partial charge < -0.3 is 14.8 Å². The first kappa shape index (κ1) is 19.0. The summed E-state index contributed by atoms with van der Waals surface area (Å²) in [6.45, 7) is 2.69. The number of aromatic nitrogens is 1. The molecule has 3 aromatic rings. The summed E-state index contributed by atoms with van der Waals surface area (Å²) in [6, 6.07) is 16.0. The fraction of sp³-hybridized carbons (Fsp3) is 0.130. The Hall–Kier alpha value is -3.78. The Morgan fingerprint density at radius 1 is 1.11 bits per heavy atom. The van der Waals surface area contributed by atoms with E-state index in [0.717, 1.165) is 5.56 Å². The van der Waals surface area contributed by atoms with Crippen LogP contribution in [0.1, 0.15) is 28.4 Å². The second-order valence-electron chi connectivity index (χ2n) is 5.92. The molecule has 0 aliphatic rings. The molecule has 3 rings (SSSR count). The third-order valence-corrected chi connectivity index (χ3v) is 3.91. The lowest BCUT2D eigenvalue weighted by Gasteiger charge is -2.13. The summed E-state index contributed by atoms with van der Waals surface area (Å²) in [6.07, 6.45) is 8.86. The minimum absolute atomic E-state index is 0.256. The van der Waals surface area contributed by atoms with Gasteiger partial charge in [-0.05, 0) is 49.4 Å². The molecule has 0 aliphatic carbocycles. The molecule has 1 N–H and O–H groups in total. The topological polar surface area (TPSA) is 60.5 Å². The van der Waals surface area contributed by atoms with Crippen LogP contribution in [0.25, 0.3) is 0 Å². The predicted octanol–water partition coefficient (Wildman–Crippen LogP) is 4.29. The number of nitrogens with zero attached hydrogens (tertiary/aromatic N) is 1. The number of anilines is 1. The first-order chi connectivity index (χ1) is 13.7. The average molecular weight is 372 g/mol. The molecule has 0 bridgehead atoms. The van der Waals surface area contributed by atoms with Gasteiger partial charge in [-0.3, -0.25) is 9.78 Å². The zero-order valence-electron chi connectivity index (χ0n) is 15.5. The molecule has 0 saturated carbocycles. The van der Waals surface area contributed by atoms with Crippen molar-refractivity contribution >= 4 is 11.6 Å². The number of nitrogens with one attached hydrogen (secondary N) is 1. The molecule has 28 heavy (non-hydrogen) atoms. The zero-order chi connectivity index (χ0) is 19.8. The lowest BCUT2D eigenvalue weighted by molar-refractivity contribution is 0.102. The molecule has 1 amide bonds. The van der Waals surface area contributed by atoms with Crippen molar-refractivity contribution in [2.24, 2.45) is 0 Å². The van der Waals surface area contributed by atoms with Crippen LogP contribution in [0.4, 0.5) is 5.69 Å². The molecule has 0 radical (unpaired) electrons. The van der Waals surface area contributed by atoms with Crippen LogP contribution in [0.15, 0.2) is 67.0 Å². The number of amides is 1. The van der Waals surface area contributed by atoms with Crippen molar-refractivity contribution in [2.75, 3.05) is 11.9 Å². The first-order valence-electron chi connectivity index (χ1n) is 8.86. The summed E-state index contributed by atoms with van der Waals surface area (Å²) in [5.41, 5.74) is 2.74. The van der Waals surface area contributed by atoms with Gasteiger partial charge in [0.2, 0.25) is 0 Å². The van der Waals surface area contributed by atoms with E-state index < -0.39 is 0 Å². The molecular formula is C23H20N2O3. The first-order valence-corrected chi connectivity index (χ1v) is 8.86. The monoisotopic (exact) mass is 372 g/mol. The highest BCUT2D eigenvalue weighted by Crippen LogP contribution is 2.29. The van der Waals surface area contributed by atoms with E-state index in [1.807, 2.05) is 19.1 Å². The minimum Gasteiger partial charge on any atom is -0.490 e. The molecule has 5 heteroatoms. The highest BCUT2D eigenvalue weighted by atomic mass is 16.5. The van der Waals surface area contributed by atoms with Crippen LogP contribution in [0.5, 0.6) is 11.5 Å². The molecule has 5 nitrogen and oxygen atoms in total. The number of benzene rings is 2. The van der Waals surface area contributed by atoms with Crippen molar-refractivity contribution in [2.45, 2.75) is 13.5 Å². The van der Waals surface area contributed by atoms with Gasteiger partial charge in [-0.25, -0.2) is 0 Å². The van der Waals surface area contributed by atoms with Gasteiger partial charge >= 0.3 is 0 Å². The summed E-state index contributed by atoms with van der Waals surface area (Å²) in [5.74, 6) is 3.37. The molecule has 0 unspecified atom stereocenters. The van der Waals surface area contributed by atoms with Gasteiger partial charge in [0.05, 0.1) is 6.61 Å². The average Bonchev–Trinajstić information content (AvgIpc) is 2.74. The van der Waals surface area contributed by atoms with E-state index in [4.69, 9.17) is 15.9 Å². The minimum atomic E-state index is -0.256. The van der Waals surface area contributed by atoms with Gasteiger partial charge in [0.15, 0.2) is 11.5 Å². The lowest BCUT2D eigenvalue weighted by Crippen LogP contribution is -2.12. The molecular weight excluding hydrogens is 352 g/mol. The Morgan fingerprint density at radius 3 is 2.75 bits per heavy atom. The van der Waals surface area contributed by atoms with Crippen molar-refractivity contribution in [3.05, 3.63) is 83.7 Å². The Bertz CT molecular complexity index is 994. The van der Waals surface area contributed by atoms with Gasteiger partial charge in [0.1, 0.15) is 6.61 Å². The summed E-state index contributed by atoms with van der Waals surface area (Å²) < 4.78 is 11.5. The highest BCUT2D eigenvalue weighted by Gasteiger charge is 2.12. The van der Waals surface area contributed by atoms with Crippen LogP contribution in [-0.2, 0) is 6.61 Å². The summed E-state index contributed by atoms with van der Waals surface area (Å²) in [5, 5.41) is 2.84. The predicted molar refractivity (Wildman–Crippen MR) is 109 cm³/mol. The molecule has 2 aromatic carbocycles. The SMILES string of the molecule is C#Cc1cccc(NC(=O)c2ccc(OCc3cccnc3)c(OCC)c2)c1. The highest BCUT2D eigenvalue weighted by molar-refractivity contribution is 6.04. The molecule has 0 fully saturated rings. The quantitative estimate of drug-likeness (QED) is 0.629. The van der Waals surface area contributed by atoms with Crippen molar-refractivity contribution in [3.8, 4) is 23.8 Å². The van der Waals surface area contributed by atoms with Gasteiger partial charge in [0.25, 0.3) is 5.91 Å². The number of carbonyl (C=O) groups excluding carboxylic acids is 1. The molecule has 140 valence electrons. The zero-order valence-corrected chi connectivity index (χ0v) is 15.5. The van der Waals surface area contributed by atoms with E-state index in [0.29, 0.717) is 41.5 Å². The van der Waals surface area contributed by atoms with E-state index in [1.165, 1.54) is 0 Å². The van der Waals surface area contributed by atoms with E-state index in [9.17, 15) is 4.79 Å². The number of carbonyl (C=O) groups is 1. The van der Waals surface area contributed by atoms with E-state index >= 15 is 0 Å². The Morgan fingerprint density at radius 2 is 2.00 bits per heavy atom. The van der Waals surface area contributed by atoms with Crippen LogP contribution in [0.3, 0.4) is 0 Å². The molecule has 0 spiro atoms. The largest absolute Gasteiger partial charge is 0.490 e. The van der Waals surface area contributed by atoms with Crippen molar-refractivity contribution in [1.29, 1.82) is 0 Å². The fourth-order valence-electron chi connectivity index (χ4n) is 2.57. The molecule has 1 aromatic heterocycles. The van der Waals surface area contributed by atoms with Gasteiger partial charge in [-0.15, -0.1) is 6.42 Å². The molecule has 1 heterocycles. The number of ether oxygens (including phenoxy) is 2. The number of terminal acetylenes is 1. The maximum absolute atomic E-state index is 12.6. The van der Waals surface area contributed by atoms with Crippen LogP contribution in [0.2, 0.25) is 0 Å². The van der Waals surface area contributed by atoms with Crippen LogP contribution in [-0.4, -0.2) is 17.5 Å². The number of hydrogen-bond acceptors (Lipinski definition) is 4. The van der Waals surface area contributed by atoms with Crippen LogP contribution >= 0.6 is 0 Å². The summed E-state index contributed by atoms with van der Waals surface area (Å²) >= 11 is 0. The van der Waals surface area contributed by atoms with Crippen LogP contribution < -0.4 is 14.8 Å². The number of hydrogen-bond donors (Lipinski definition) is 1. The number of rotatable bonds is 7. The molecule has 0 aliphatic heterocycles. The van der Waals surface area contributed by atoms with Gasteiger partial charge in [-0.2, -0.15) is 0 Å². The second kappa shape index (κ2) is 9.24. The van der Waals surface area contributed by atoms with Crippen molar-refractivity contribution < 1.29 is 14.3 Å². The molecule has 0 saturated heterocycles. The Labute approximate surface area is 164 Å². The molecule has 0 atom stereocenters. The second-order valence-corrected chi connectivity index (χ2v) is 5.92. The van der Waals surface area contributed by atoms with E-state index in [-0.39, 0.29) is 5.91 Å². The van der Waals surface area contributed by atoms with E-state index in [2.05, 4.69) is 16.2 Å². The maximum Gasteiger partial charge on any atom is 0.255 e. The standard InChI is InChI=1S/C23H20N2O3/c1-3-17-7-5-9-20(13-17)25-23(26)19-10-11-21(22(14-19)27-4-2)28-16-18-8-6-12-24-15-18/h1,5-15H,4,16H2,2H3,(H,25,26). The van der Waals surface area contributed by atoms with E-state index in [1.54, 1.807) is 54.9 Å². The lowest BCUT2D eigenvalue weighted by atomic mass is 10.1. The Balaban J connectivity index is 1.75. The maximum atomic E-state index is 12.6. The van der Waals surface area contributed by atoms with Gasteiger partial charge in [-0.1, -0.05) is 18.1 Å². The third kappa shape index (κ3) is 4.89. The van der Waals surface area contributed by atoms with Crippen molar-refractivity contribution in [1.82, 2.24) is 4.98 Å². The summed E-state index contributed by atoms with van der Waals surface area (Å²) in [7, 11) is 0. The smallest absolute Gasteiger partial charge is 0.255 e.